The molecule has 192 valence electrons. The van der Waals surface area contributed by atoms with Crippen LogP contribution in [0.2, 0.25) is 0 Å². The summed E-state index contributed by atoms with van der Waals surface area (Å²) < 4.78 is 10.7. The number of ether oxygens (including phenoxy) is 1. The van der Waals surface area contributed by atoms with E-state index in [9.17, 15) is 19.2 Å². The number of para-hydroxylation sites is 1. The molecule has 2 saturated heterocycles. The topological polar surface area (TPSA) is 97.1 Å². The molecule has 0 radical (unpaired) electrons. The van der Waals surface area contributed by atoms with E-state index in [1.165, 1.54) is 6.26 Å². The van der Waals surface area contributed by atoms with Crippen LogP contribution in [-0.4, -0.2) is 42.3 Å². The summed E-state index contributed by atoms with van der Waals surface area (Å²) in [7, 11) is 0. The smallest absolute Gasteiger partial charge is 0.338 e. The van der Waals surface area contributed by atoms with E-state index in [1.807, 2.05) is 48.2 Å². The van der Waals surface area contributed by atoms with Crippen LogP contribution in [0.1, 0.15) is 46.2 Å². The van der Waals surface area contributed by atoms with Gasteiger partial charge in [0.05, 0.1) is 42.0 Å². The van der Waals surface area contributed by atoms with Crippen molar-refractivity contribution in [1.82, 2.24) is 0 Å². The zero-order valence-corrected chi connectivity index (χ0v) is 20.8. The van der Waals surface area contributed by atoms with Crippen molar-refractivity contribution in [3.05, 3.63) is 89.9 Å². The summed E-state index contributed by atoms with van der Waals surface area (Å²) >= 11 is 0. The third-order valence-electron chi connectivity index (χ3n) is 7.54. The van der Waals surface area contributed by atoms with Crippen molar-refractivity contribution in [1.29, 1.82) is 0 Å². The first-order valence-electron chi connectivity index (χ1n) is 12.8. The maximum atomic E-state index is 13.9. The molecule has 0 bridgehead atoms. The average Bonchev–Trinajstić information content (AvgIpc) is 3.65. The zero-order valence-electron chi connectivity index (χ0n) is 20.8. The molecule has 3 aliphatic heterocycles. The van der Waals surface area contributed by atoms with Crippen molar-refractivity contribution >= 4 is 41.0 Å². The molecule has 2 amide bonds. The Labute approximate surface area is 219 Å². The second-order valence-electron chi connectivity index (χ2n) is 9.70. The molecule has 2 aromatic carbocycles. The lowest BCUT2D eigenvalue weighted by Crippen LogP contribution is -2.48. The highest BCUT2D eigenvalue weighted by Crippen LogP contribution is 2.49. The lowest BCUT2D eigenvalue weighted by atomic mass is 9.87. The fraction of sp³-hybridized carbons (Fsp3) is 0.267. The highest BCUT2D eigenvalue weighted by Gasteiger charge is 2.64. The molecule has 4 heterocycles. The number of ketones is 1. The Morgan fingerprint density at radius 1 is 0.947 bits per heavy atom. The second kappa shape index (κ2) is 9.45. The number of benzene rings is 2. The molecule has 8 nitrogen and oxygen atoms in total. The van der Waals surface area contributed by atoms with Gasteiger partial charge in [-0.25, -0.2) is 9.69 Å². The van der Waals surface area contributed by atoms with Crippen LogP contribution in [0.3, 0.4) is 0 Å². The number of esters is 1. The highest BCUT2D eigenvalue weighted by molar-refractivity contribution is 6.25. The van der Waals surface area contributed by atoms with E-state index in [0.717, 1.165) is 29.0 Å². The van der Waals surface area contributed by atoms with Crippen molar-refractivity contribution in [2.24, 2.45) is 11.8 Å². The molecule has 1 aromatic heterocycles. The van der Waals surface area contributed by atoms with Crippen LogP contribution < -0.4 is 9.80 Å². The average molecular weight is 511 g/mol. The van der Waals surface area contributed by atoms with E-state index in [-0.39, 0.29) is 17.5 Å². The Balaban J connectivity index is 1.35. The quantitative estimate of drug-likeness (QED) is 0.200. The number of carbonyl (C=O) groups excluding carboxylic acids is 4. The van der Waals surface area contributed by atoms with Gasteiger partial charge in [-0.05, 0) is 54.4 Å². The van der Waals surface area contributed by atoms with Crippen LogP contribution in [0.4, 0.5) is 11.4 Å². The van der Waals surface area contributed by atoms with Gasteiger partial charge in [-0.3, -0.25) is 14.4 Å². The maximum Gasteiger partial charge on any atom is 0.338 e. The van der Waals surface area contributed by atoms with Crippen molar-refractivity contribution in [2.45, 2.75) is 31.8 Å². The van der Waals surface area contributed by atoms with Gasteiger partial charge < -0.3 is 14.1 Å². The molecule has 8 heteroatoms. The first-order chi connectivity index (χ1) is 18.5. The third-order valence-corrected chi connectivity index (χ3v) is 7.54. The molecule has 4 atom stereocenters. The van der Waals surface area contributed by atoms with E-state index >= 15 is 0 Å². The molecule has 0 spiro atoms. The SMILES string of the molecule is CCCCOC(=O)c1ccc(N2C(=O)[C@@H]3[C@H](C2=O)[C@H]2C=Cc4ccccc4N2[C@@H]3C(=O)c2ccco2)cc1. The van der Waals surface area contributed by atoms with Crippen molar-refractivity contribution < 1.29 is 28.3 Å². The van der Waals surface area contributed by atoms with Crippen LogP contribution in [0.5, 0.6) is 0 Å². The number of rotatable bonds is 7. The van der Waals surface area contributed by atoms with E-state index in [4.69, 9.17) is 9.15 Å². The van der Waals surface area contributed by atoms with Crippen LogP contribution in [0.15, 0.2) is 77.4 Å². The summed E-state index contributed by atoms with van der Waals surface area (Å²) in [6, 6.07) is 15.7. The van der Waals surface area contributed by atoms with Crippen molar-refractivity contribution in [2.75, 3.05) is 16.4 Å². The summed E-state index contributed by atoms with van der Waals surface area (Å²) in [4.78, 5) is 56.8. The summed E-state index contributed by atoms with van der Waals surface area (Å²) in [5, 5.41) is 0. The Morgan fingerprint density at radius 3 is 2.45 bits per heavy atom. The Kier molecular flexibility index (Phi) is 5.94. The van der Waals surface area contributed by atoms with Crippen LogP contribution in [0.25, 0.3) is 6.08 Å². The molecule has 6 rings (SSSR count). The summed E-state index contributed by atoms with van der Waals surface area (Å²) in [5.41, 5.74) is 2.42. The molecule has 0 N–H and O–H groups in total. The number of Topliss-reactive ketones (excluding diaryl/α,β-unsaturated/α-hetero) is 1. The second-order valence-corrected chi connectivity index (χ2v) is 9.70. The number of hydrogen-bond acceptors (Lipinski definition) is 7. The van der Waals surface area contributed by atoms with Gasteiger partial charge in [-0.15, -0.1) is 0 Å². The van der Waals surface area contributed by atoms with Gasteiger partial charge in [0, 0.05) is 5.69 Å². The standard InChI is InChI=1S/C30H26N2O6/c1-2-3-16-38-30(36)19-10-13-20(14-11-19)31-28(34)24-22-15-12-18-7-4-5-8-21(18)32(22)26(25(24)29(31)35)27(33)23-9-6-17-37-23/h4-15,17,22,24-26H,2-3,16H2,1H3/t22-,24-,25-,26+/m1/s1. The lowest BCUT2D eigenvalue weighted by molar-refractivity contribution is -0.122. The third kappa shape index (κ3) is 3.67. The van der Waals surface area contributed by atoms with Crippen molar-refractivity contribution in [3.8, 4) is 0 Å². The van der Waals surface area contributed by atoms with Gasteiger partial charge in [0.2, 0.25) is 17.6 Å². The molecule has 0 aliphatic carbocycles. The normalized spacial score (nSPS) is 23.3. The number of imide groups is 1. The molecular formula is C30H26N2O6. The van der Waals surface area contributed by atoms with E-state index in [1.54, 1.807) is 36.4 Å². The Bertz CT molecular complexity index is 1440. The largest absolute Gasteiger partial charge is 0.462 e. The molecule has 3 aromatic rings. The maximum absolute atomic E-state index is 13.9. The number of anilines is 2. The molecule has 38 heavy (non-hydrogen) atoms. The molecule has 2 fully saturated rings. The Hall–Kier alpha value is -4.46. The van der Waals surface area contributed by atoms with E-state index in [2.05, 4.69) is 0 Å². The number of carbonyl (C=O) groups is 4. The van der Waals surface area contributed by atoms with Crippen LogP contribution >= 0.6 is 0 Å². The summed E-state index contributed by atoms with van der Waals surface area (Å²) in [6.45, 7) is 2.35. The predicted octanol–water partition coefficient (Wildman–Crippen LogP) is 4.51. The Morgan fingerprint density at radius 2 is 1.71 bits per heavy atom. The van der Waals surface area contributed by atoms with Gasteiger partial charge >= 0.3 is 5.97 Å². The van der Waals surface area contributed by atoms with Crippen molar-refractivity contribution in [3.63, 3.8) is 0 Å². The number of furan rings is 1. The lowest BCUT2D eigenvalue weighted by Gasteiger charge is -2.36. The summed E-state index contributed by atoms with van der Waals surface area (Å²) in [5.74, 6) is -3.09. The molecule has 0 saturated carbocycles. The van der Waals surface area contributed by atoms with Gasteiger partial charge in [0.25, 0.3) is 0 Å². The zero-order chi connectivity index (χ0) is 26.4. The number of nitrogens with zero attached hydrogens (tertiary/aromatic N) is 2. The van der Waals surface area contributed by atoms with Gasteiger partial charge in [-0.2, -0.15) is 0 Å². The van der Waals surface area contributed by atoms with Gasteiger partial charge in [0.1, 0.15) is 6.04 Å². The monoisotopic (exact) mass is 510 g/mol. The van der Waals surface area contributed by atoms with E-state index < -0.39 is 35.8 Å². The summed E-state index contributed by atoms with van der Waals surface area (Å²) in [6.07, 6.45) is 6.95. The first kappa shape index (κ1) is 23.9. The fourth-order valence-corrected chi connectivity index (χ4v) is 5.77. The molecule has 3 aliphatic rings. The molecule has 0 unspecified atom stereocenters. The van der Waals surface area contributed by atoms with Gasteiger partial charge in [-0.1, -0.05) is 43.7 Å². The van der Waals surface area contributed by atoms with E-state index in [0.29, 0.717) is 17.9 Å². The number of unbranched alkanes of at least 4 members (excludes halogenated alkanes) is 1. The number of fused-ring (bicyclic) bond motifs is 5. The molecular weight excluding hydrogens is 484 g/mol. The minimum atomic E-state index is -0.906. The minimum Gasteiger partial charge on any atom is -0.462 e. The fourth-order valence-electron chi connectivity index (χ4n) is 5.77. The first-order valence-corrected chi connectivity index (χ1v) is 12.8. The number of hydrogen-bond donors (Lipinski definition) is 0. The van der Waals surface area contributed by atoms with Gasteiger partial charge in [0.15, 0.2) is 5.76 Å². The number of amides is 2. The highest BCUT2D eigenvalue weighted by atomic mass is 16.5. The van der Waals surface area contributed by atoms with Crippen LogP contribution in [-0.2, 0) is 14.3 Å². The van der Waals surface area contributed by atoms with Crippen LogP contribution in [0, 0.1) is 11.8 Å². The predicted molar refractivity (Wildman–Crippen MR) is 140 cm³/mol. The minimum absolute atomic E-state index is 0.145.